The minimum atomic E-state index is -4.15. The van der Waals surface area contributed by atoms with E-state index in [0.29, 0.717) is 18.0 Å². The van der Waals surface area contributed by atoms with Crippen molar-refractivity contribution in [3.05, 3.63) is 126 Å². The fourth-order valence-corrected chi connectivity index (χ4v) is 6.06. The van der Waals surface area contributed by atoms with Crippen molar-refractivity contribution >= 4 is 27.5 Å². The van der Waals surface area contributed by atoms with E-state index in [1.807, 2.05) is 67.6 Å². The van der Waals surface area contributed by atoms with E-state index in [1.165, 1.54) is 24.1 Å². The van der Waals surface area contributed by atoms with Crippen molar-refractivity contribution in [1.82, 2.24) is 10.2 Å². The van der Waals surface area contributed by atoms with Crippen LogP contribution in [0.5, 0.6) is 5.75 Å². The molecule has 9 heteroatoms. The van der Waals surface area contributed by atoms with Crippen molar-refractivity contribution in [2.75, 3.05) is 24.5 Å². The molecule has 4 aromatic carbocycles. The Hall–Kier alpha value is -4.63. The van der Waals surface area contributed by atoms with E-state index < -0.39 is 28.5 Å². The van der Waals surface area contributed by atoms with E-state index >= 15 is 0 Å². The highest BCUT2D eigenvalue weighted by Gasteiger charge is 2.34. The third-order valence-corrected chi connectivity index (χ3v) is 8.58. The van der Waals surface area contributed by atoms with Gasteiger partial charge in [0.15, 0.2) is 0 Å². The van der Waals surface area contributed by atoms with Gasteiger partial charge < -0.3 is 15.0 Å². The SMILES string of the molecule is CCNC(=O)C(Cc1ccccc1)N(Cc1ccccc1)C(=O)CN(c1ccc(OC)cc1)S(=O)(=O)c1ccccc1. The van der Waals surface area contributed by atoms with Crippen molar-refractivity contribution in [1.29, 1.82) is 0 Å². The quantitative estimate of drug-likeness (QED) is 0.246. The Morgan fingerprint density at radius 1 is 0.786 bits per heavy atom. The van der Waals surface area contributed by atoms with Gasteiger partial charge in [-0.05, 0) is 54.4 Å². The van der Waals surface area contributed by atoms with Gasteiger partial charge in [-0.3, -0.25) is 13.9 Å². The highest BCUT2D eigenvalue weighted by molar-refractivity contribution is 7.92. The third-order valence-electron chi connectivity index (χ3n) is 6.79. The Balaban J connectivity index is 1.77. The van der Waals surface area contributed by atoms with Crippen LogP contribution >= 0.6 is 0 Å². The summed E-state index contributed by atoms with van der Waals surface area (Å²) in [5, 5.41) is 2.86. The van der Waals surface area contributed by atoms with E-state index in [4.69, 9.17) is 4.74 Å². The Morgan fingerprint density at radius 3 is 1.88 bits per heavy atom. The van der Waals surface area contributed by atoms with Crippen LogP contribution in [0.2, 0.25) is 0 Å². The summed E-state index contributed by atoms with van der Waals surface area (Å²) < 4.78 is 34.2. The molecule has 0 aliphatic heterocycles. The molecule has 42 heavy (non-hydrogen) atoms. The van der Waals surface area contributed by atoms with Crippen molar-refractivity contribution in [2.24, 2.45) is 0 Å². The fourth-order valence-electron chi connectivity index (χ4n) is 4.62. The van der Waals surface area contributed by atoms with Crippen molar-refractivity contribution in [3.8, 4) is 5.75 Å². The van der Waals surface area contributed by atoms with Crippen LogP contribution in [-0.4, -0.2) is 51.4 Å². The minimum absolute atomic E-state index is 0.0489. The molecule has 0 radical (unpaired) electrons. The second-order valence-electron chi connectivity index (χ2n) is 9.63. The largest absolute Gasteiger partial charge is 0.497 e. The van der Waals surface area contributed by atoms with Crippen molar-refractivity contribution < 1.29 is 22.7 Å². The third kappa shape index (κ3) is 7.55. The fraction of sp³-hybridized carbons (Fsp3) is 0.212. The zero-order valence-electron chi connectivity index (χ0n) is 23.7. The molecule has 1 atom stereocenters. The number of anilines is 1. The van der Waals surface area contributed by atoms with E-state index in [0.717, 1.165) is 15.4 Å². The Kier molecular flexibility index (Phi) is 10.3. The Labute approximate surface area is 247 Å². The summed E-state index contributed by atoms with van der Waals surface area (Å²) >= 11 is 0. The molecule has 4 aromatic rings. The summed E-state index contributed by atoms with van der Waals surface area (Å²) in [6.45, 7) is 1.81. The zero-order valence-corrected chi connectivity index (χ0v) is 24.5. The maximum absolute atomic E-state index is 14.3. The smallest absolute Gasteiger partial charge is 0.264 e. The Bertz CT molecular complexity index is 1550. The summed E-state index contributed by atoms with van der Waals surface area (Å²) in [5.41, 5.74) is 1.99. The first-order chi connectivity index (χ1) is 20.3. The van der Waals surface area contributed by atoms with E-state index in [9.17, 15) is 18.0 Å². The maximum atomic E-state index is 14.3. The summed E-state index contributed by atoms with van der Waals surface area (Å²) in [4.78, 5) is 29.3. The lowest BCUT2D eigenvalue weighted by atomic mass is 10.0. The minimum Gasteiger partial charge on any atom is -0.497 e. The predicted molar refractivity (Wildman–Crippen MR) is 164 cm³/mol. The molecule has 1 unspecified atom stereocenters. The van der Waals surface area contributed by atoms with Crippen LogP contribution in [0.15, 0.2) is 120 Å². The number of carbonyl (C=O) groups is 2. The molecule has 0 saturated carbocycles. The van der Waals surface area contributed by atoms with Gasteiger partial charge in [-0.2, -0.15) is 0 Å². The second kappa shape index (κ2) is 14.3. The summed E-state index contributed by atoms with van der Waals surface area (Å²) in [6, 6.07) is 32.4. The highest BCUT2D eigenvalue weighted by Crippen LogP contribution is 2.27. The molecule has 2 amide bonds. The Morgan fingerprint density at radius 2 is 1.33 bits per heavy atom. The standard InChI is InChI=1S/C33H35N3O5S/c1-3-34-33(38)31(23-26-13-7-4-8-14-26)35(24-27-15-9-5-10-16-27)32(37)25-36(28-19-21-29(41-2)22-20-28)42(39,40)30-17-11-6-12-18-30/h4-22,31H,3,23-25H2,1-2H3,(H,34,38). The number of ether oxygens (including phenoxy) is 1. The summed E-state index contributed by atoms with van der Waals surface area (Å²) in [6.07, 6.45) is 0.263. The maximum Gasteiger partial charge on any atom is 0.264 e. The van der Waals surface area contributed by atoms with Crippen LogP contribution < -0.4 is 14.4 Å². The zero-order chi connectivity index (χ0) is 30.0. The number of hydrogen-bond acceptors (Lipinski definition) is 5. The number of rotatable bonds is 13. The van der Waals surface area contributed by atoms with Gasteiger partial charge in [-0.25, -0.2) is 8.42 Å². The molecule has 218 valence electrons. The lowest BCUT2D eigenvalue weighted by Crippen LogP contribution is -2.53. The predicted octanol–water partition coefficient (Wildman–Crippen LogP) is 4.67. The first-order valence-electron chi connectivity index (χ1n) is 13.7. The summed E-state index contributed by atoms with van der Waals surface area (Å²) in [5.74, 6) is -0.277. The first-order valence-corrected chi connectivity index (χ1v) is 15.1. The van der Waals surface area contributed by atoms with E-state index in [1.54, 1.807) is 42.5 Å². The molecule has 0 spiro atoms. The number of likely N-dealkylation sites (N-methyl/N-ethyl adjacent to an activating group) is 1. The van der Waals surface area contributed by atoms with E-state index in [-0.39, 0.29) is 23.8 Å². The van der Waals surface area contributed by atoms with Gasteiger partial charge in [0.05, 0.1) is 17.7 Å². The normalized spacial score (nSPS) is 11.8. The average molecular weight is 586 g/mol. The molecular formula is C33H35N3O5S. The number of amides is 2. The molecule has 0 aliphatic rings. The molecule has 1 N–H and O–H groups in total. The molecule has 0 aliphatic carbocycles. The molecule has 4 rings (SSSR count). The van der Waals surface area contributed by atoms with Crippen LogP contribution in [0, 0.1) is 0 Å². The van der Waals surface area contributed by atoms with Gasteiger partial charge in [0.2, 0.25) is 11.8 Å². The van der Waals surface area contributed by atoms with Crippen LogP contribution in [0.4, 0.5) is 5.69 Å². The average Bonchev–Trinajstić information content (AvgIpc) is 3.03. The van der Waals surface area contributed by atoms with Crippen LogP contribution in [-0.2, 0) is 32.6 Å². The van der Waals surface area contributed by atoms with Gasteiger partial charge in [0.25, 0.3) is 10.0 Å². The van der Waals surface area contributed by atoms with Crippen molar-refractivity contribution in [2.45, 2.75) is 30.8 Å². The topological polar surface area (TPSA) is 96.0 Å². The monoisotopic (exact) mass is 585 g/mol. The molecular weight excluding hydrogens is 550 g/mol. The summed E-state index contributed by atoms with van der Waals surface area (Å²) in [7, 11) is -2.63. The lowest BCUT2D eigenvalue weighted by molar-refractivity contribution is -0.140. The van der Waals surface area contributed by atoms with E-state index in [2.05, 4.69) is 5.32 Å². The number of sulfonamides is 1. The first kappa shape index (κ1) is 30.3. The van der Waals surface area contributed by atoms with Crippen LogP contribution in [0.3, 0.4) is 0 Å². The number of hydrogen-bond donors (Lipinski definition) is 1. The van der Waals surface area contributed by atoms with Gasteiger partial charge >= 0.3 is 0 Å². The molecule has 0 heterocycles. The number of nitrogens with zero attached hydrogens (tertiary/aromatic N) is 2. The lowest BCUT2D eigenvalue weighted by Gasteiger charge is -2.33. The molecule has 8 nitrogen and oxygen atoms in total. The van der Waals surface area contributed by atoms with Crippen LogP contribution in [0.1, 0.15) is 18.1 Å². The van der Waals surface area contributed by atoms with Gasteiger partial charge in [-0.15, -0.1) is 0 Å². The number of benzene rings is 4. The molecule has 0 aromatic heterocycles. The second-order valence-corrected chi connectivity index (χ2v) is 11.5. The molecule has 0 saturated heterocycles. The van der Waals surface area contributed by atoms with Crippen LogP contribution in [0.25, 0.3) is 0 Å². The molecule has 0 bridgehead atoms. The van der Waals surface area contributed by atoms with Gasteiger partial charge in [-0.1, -0.05) is 78.9 Å². The number of methoxy groups -OCH3 is 1. The highest BCUT2D eigenvalue weighted by atomic mass is 32.2. The van der Waals surface area contributed by atoms with Crippen molar-refractivity contribution in [3.63, 3.8) is 0 Å². The number of carbonyl (C=O) groups excluding carboxylic acids is 2. The van der Waals surface area contributed by atoms with Gasteiger partial charge in [0, 0.05) is 19.5 Å². The van der Waals surface area contributed by atoms with Gasteiger partial charge in [0.1, 0.15) is 18.3 Å². The number of nitrogens with one attached hydrogen (secondary N) is 1. The molecule has 0 fully saturated rings.